The number of hydrogen-bond donors (Lipinski definition) is 1. The van der Waals surface area contributed by atoms with Crippen LogP contribution in [0.5, 0.6) is 0 Å². The van der Waals surface area contributed by atoms with E-state index in [-0.39, 0.29) is 24.1 Å². The molecule has 0 saturated carbocycles. The Hall–Kier alpha value is -2.69. The zero-order valence-electron chi connectivity index (χ0n) is 13.1. The average molecular weight is 312 g/mol. The number of nitrogens with one attached hydrogen (secondary N) is 1. The van der Waals surface area contributed by atoms with Crippen LogP contribution < -0.4 is 5.32 Å². The maximum absolute atomic E-state index is 12.0. The second kappa shape index (κ2) is 8.08. The first-order valence-corrected chi connectivity index (χ1v) is 7.61. The first-order valence-electron chi connectivity index (χ1n) is 7.61. The number of nitro benzene ring substituents is 1. The van der Waals surface area contributed by atoms with E-state index >= 15 is 0 Å². The normalized spacial score (nSPS) is 11.7. The Morgan fingerprint density at radius 1 is 1.09 bits per heavy atom. The van der Waals surface area contributed by atoms with Gasteiger partial charge in [0.15, 0.2) is 0 Å². The monoisotopic (exact) mass is 312 g/mol. The highest BCUT2D eigenvalue weighted by molar-refractivity contribution is 5.78. The van der Waals surface area contributed by atoms with Gasteiger partial charge in [-0.2, -0.15) is 0 Å². The molecular weight excluding hydrogens is 292 g/mol. The third-order valence-electron chi connectivity index (χ3n) is 3.63. The van der Waals surface area contributed by atoms with Crippen LogP contribution in [0.2, 0.25) is 0 Å². The first kappa shape index (κ1) is 16.7. The number of benzene rings is 2. The molecule has 2 rings (SSSR count). The van der Waals surface area contributed by atoms with Crippen LogP contribution in [0.3, 0.4) is 0 Å². The zero-order valence-corrected chi connectivity index (χ0v) is 13.1. The zero-order chi connectivity index (χ0) is 16.7. The highest BCUT2D eigenvalue weighted by atomic mass is 16.6. The van der Waals surface area contributed by atoms with E-state index in [4.69, 9.17) is 0 Å². The van der Waals surface area contributed by atoms with Crippen molar-refractivity contribution < 1.29 is 9.72 Å². The summed E-state index contributed by atoms with van der Waals surface area (Å²) < 4.78 is 0. The van der Waals surface area contributed by atoms with Gasteiger partial charge in [0.2, 0.25) is 5.91 Å². The molecule has 0 bridgehead atoms. The Morgan fingerprint density at radius 3 is 2.35 bits per heavy atom. The summed E-state index contributed by atoms with van der Waals surface area (Å²) in [6.07, 6.45) is 2.02. The smallest absolute Gasteiger partial charge is 0.269 e. The van der Waals surface area contributed by atoms with E-state index < -0.39 is 4.92 Å². The van der Waals surface area contributed by atoms with E-state index in [0.717, 1.165) is 18.4 Å². The summed E-state index contributed by atoms with van der Waals surface area (Å²) in [6.45, 7) is 1.98. The molecule has 0 saturated heterocycles. The molecule has 0 aliphatic heterocycles. The van der Waals surface area contributed by atoms with E-state index in [0.29, 0.717) is 0 Å². The van der Waals surface area contributed by atoms with E-state index in [1.54, 1.807) is 12.1 Å². The summed E-state index contributed by atoms with van der Waals surface area (Å²) >= 11 is 0. The number of nitrogens with zero attached hydrogens (tertiary/aromatic N) is 1. The van der Waals surface area contributed by atoms with Gasteiger partial charge in [-0.25, -0.2) is 0 Å². The van der Waals surface area contributed by atoms with Crippen LogP contribution in [-0.2, 0) is 17.6 Å². The van der Waals surface area contributed by atoms with Crippen LogP contribution in [0.4, 0.5) is 5.69 Å². The predicted octanol–water partition coefficient (Wildman–Crippen LogP) is 3.27. The van der Waals surface area contributed by atoms with Crippen LogP contribution >= 0.6 is 0 Å². The fourth-order valence-corrected chi connectivity index (χ4v) is 2.35. The van der Waals surface area contributed by atoms with Gasteiger partial charge in [-0.3, -0.25) is 14.9 Å². The van der Waals surface area contributed by atoms with Gasteiger partial charge in [0.25, 0.3) is 5.69 Å². The van der Waals surface area contributed by atoms with Gasteiger partial charge in [0.05, 0.1) is 11.3 Å². The van der Waals surface area contributed by atoms with Crippen LogP contribution in [-0.4, -0.2) is 16.9 Å². The number of rotatable bonds is 7. The van der Waals surface area contributed by atoms with Gasteiger partial charge < -0.3 is 5.32 Å². The van der Waals surface area contributed by atoms with Crippen molar-refractivity contribution in [1.29, 1.82) is 0 Å². The molecule has 5 heteroatoms. The highest BCUT2D eigenvalue weighted by Gasteiger charge is 2.10. The minimum atomic E-state index is -0.449. The minimum Gasteiger partial charge on any atom is -0.353 e. The molecule has 1 amide bonds. The molecule has 0 spiro atoms. The van der Waals surface area contributed by atoms with E-state index in [9.17, 15) is 14.9 Å². The molecule has 0 aliphatic carbocycles. The number of amides is 1. The van der Waals surface area contributed by atoms with Gasteiger partial charge >= 0.3 is 0 Å². The van der Waals surface area contributed by atoms with E-state index in [1.165, 1.54) is 17.7 Å². The lowest BCUT2D eigenvalue weighted by atomic mass is 10.1. The molecule has 2 aromatic rings. The summed E-state index contributed by atoms with van der Waals surface area (Å²) in [5.74, 6) is -0.0700. The number of nitro groups is 1. The Morgan fingerprint density at radius 2 is 1.74 bits per heavy atom. The Kier molecular flexibility index (Phi) is 5.86. The van der Waals surface area contributed by atoms with Gasteiger partial charge in [-0.1, -0.05) is 42.5 Å². The molecule has 0 aliphatic rings. The van der Waals surface area contributed by atoms with Crippen LogP contribution in [0, 0.1) is 10.1 Å². The van der Waals surface area contributed by atoms with Gasteiger partial charge in [-0.15, -0.1) is 0 Å². The van der Waals surface area contributed by atoms with Crippen molar-refractivity contribution >= 4 is 11.6 Å². The molecule has 1 N–H and O–H groups in total. The SMILES string of the molecule is C[C@@H](CCc1ccccc1)NC(=O)Cc1ccc([N+](=O)[O-])cc1. The molecule has 23 heavy (non-hydrogen) atoms. The van der Waals surface area contributed by atoms with Crippen LogP contribution in [0.25, 0.3) is 0 Å². The summed E-state index contributed by atoms with van der Waals surface area (Å²) in [4.78, 5) is 22.2. The number of aryl methyl sites for hydroxylation is 1. The topological polar surface area (TPSA) is 72.2 Å². The average Bonchev–Trinajstić information content (AvgIpc) is 2.54. The Labute approximate surface area is 135 Å². The van der Waals surface area contributed by atoms with Crippen molar-refractivity contribution in [3.8, 4) is 0 Å². The third kappa shape index (κ3) is 5.54. The molecule has 0 heterocycles. The van der Waals surface area contributed by atoms with Gasteiger partial charge in [0, 0.05) is 18.2 Å². The summed E-state index contributed by atoms with van der Waals surface area (Å²) in [6, 6.07) is 16.3. The lowest BCUT2D eigenvalue weighted by molar-refractivity contribution is -0.384. The molecular formula is C18H20N2O3. The standard InChI is InChI=1S/C18H20N2O3/c1-14(7-8-15-5-3-2-4-6-15)19-18(21)13-16-9-11-17(12-10-16)20(22)23/h2-6,9-12,14H,7-8,13H2,1H3,(H,19,21)/t14-/m0/s1. The third-order valence-corrected chi connectivity index (χ3v) is 3.63. The molecule has 0 unspecified atom stereocenters. The molecule has 2 aromatic carbocycles. The molecule has 5 nitrogen and oxygen atoms in total. The lowest BCUT2D eigenvalue weighted by Crippen LogP contribution is -2.34. The second-order valence-corrected chi connectivity index (χ2v) is 5.59. The number of carbonyl (C=O) groups excluding carboxylic acids is 1. The van der Waals surface area contributed by atoms with Crippen LogP contribution in [0.15, 0.2) is 54.6 Å². The van der Waals surface area contributed by atoms with Crippen molar-refractivity contribution in [2.24, 2.45) is 0 Å². The predicted molar refractivity (Wildman–Crippen MR) is 89.2 cm³/mol. The molecule has 1 atom stereocenters. The fourth-order valence-electron chi connectivity index (χ4n) is 2.35. The number of non-ortho nitro benzene ring substituents is 1. The quantitative estimate of drug-likeness (QED) is 0.630. The molecule has 0 radical (unpaired) electrons. The highest BCUT2D eigenvalue weighted by Crippen LogP contribution is 2.12. The van der Waals surface area contributed by atoms with E-state index in [1.807, 2.05) is 25.1 Å². The van der Waals surface area contributed by atoms with Crippen molar-refractivity contribution in [3.05, 3.63) is 75.8 Å². The fraction of sp³-hybridized carbons (Fsp3) is 0.278. The van der Waals surface area contributed by atoms with Crippen LogP contribution in [0.1, 0.15) is 24.5 Å². The van der Waals surface area contributed by atoms with E-state index in [2.05, 4.69) is 17.4 Å². The largest absolute Gasteiger partial charge is 0.353 e. The van der Waals surface area contributed by atoms with Crippen molar-refractivity contribution in [2.45, 2.75) is 32.2 Å². The molecule has 120 valence electrons. The molecule has 0 aromatic heterocycles. The summed E-state index contributed by atoms with van der Waals surface area (Å²) in [7, 11) is 0. The van der Waals surface area contributed by atoms with Gasteiger partial charge in [0.1, 0.15) is 0 Å². The summed E-state index contributed by atoms with van der Waals surface area (Å²) in [5.41, 5.74) is 2.05. The maximum atomic E-state index is 12.0. The van der Waals surface area contributed by atoms with Crippen molar-refractivity contribution in [3.63, 3.8) is 0 Å². The lowest BCUT2D eigenvalue weighted by Gasteiger charge is -2.14. The summed E-state index contributed by atoms with van der Waals surface area (Å²) in [5, 5.41) is 13.6. The Bertz CT molecular complexity index is 654. The first-order chi connectivity index (χ1) is 11.0. The van der Waals surface area contributed by atoms with Gasteiger partial charge in [-0.05, 0) is 30.9 Å². The number of hydrogen-bond acceptors (Lipinski definition) is 3. The van der Waals surface area contributed by atoms with Crippen molar-refractivity contribution in [2.75, 3.05) is 0 Å². The minimum absolute atomic E-state index is 0.0328. The maximum Gasteiger partial charge on any atom is 0.269 e. The Balaban J connectivity index is 1.78. The van der Waals surface area contributed by atoms with Crippen molar-refractivity contribution in [1.82, 2.24) is 5.32 Å². The number of carbonyl (C=O) groups is 1. The second-order valence-electron chi connectivity index (χ2n) is 5.59. The molecule has 0 fully saturated rings.